The van der Waals surface area contributed by atoms with Gasteiger partial charge in [0.2, 0.25) is 0 Å². The molecule has 18 heavy (non-hydrogen) atoms. The molecule has 1 aromatic heterocycles. The molecule has 0 spiro atoms. The highest BCUT2D eigenvalue weighted by atomic mass is 127. The lowest BCUT2D eigenvalue weighted by Crippen LogP contribution is -2.29. The van der Waals surface area contributed by atoms with E-state index in [-0.39, 0.29) is 9.53 Å². The lowest BCUT2D eigenvalue weighted by molar-refractivity contribution is -0.141. The van der Waals surface area contributed by atoms with Crippen LogP contribution < -0.4 is 0 Å². The summed E-state index contributed by atoms with van der Waals surface area (Å²) in [5, 5.41) is 8.94. The van der Waals surface area contributed by atoms with E-state index in [0.29, 0.717) is 19.4 Å². The van der Waals surface area contributed by atoms with Crippen molar-refractivity contribution < 1.29 is 23.1 Å². The Balaban J connectivity index is 2.32. The van der Waals surface area contributed by atoms with Crippen LogP contribution in [0, 0.1) is 3.70 Å². The number of H-pyrrole nitrogens is 1. The Kier molecular flexibility index (Phi) is 3.43. The molecule has 0 aliphatic carbocycles. The average Bonchev–Trinajstić information content (AvgIpc) is 2.80. The van der Waals surface area contributed by atoms with Crippen molar-refractivity contribution in [2.45, 2.75) is 25.1 Å². The van der Waals surface area contributed by atoms with Crippen LogP contribution in [-0.4, -0.2) is 32.6 Å². The fourth-order valence-corrected chi connectivity index (χ4v) is 2.70. The molecule has 1 fully saturated rings. The highest BCUT2D eigenvalue weighted by molar-refractivity contribution is 14.1. The summed E-state index contributed by atoms with van der Waals surface area (Å²) in [6, 6.07) is -0.618. The summed E-state index contributed by atoms with van der Waals surface area (Å²) < 4.78 is 37.6. The molecule has 1 amide bonds. The van der Waals surface area contributed by atoms with Crippen LogP contribution in [0.1, 0.15) is 30.4 Å². The van der Waals surface area contributed by atoms with Crippen molar-refractivity contribution >= 4 is 28.7 Å². The van der Waals surface area contributed by atoms with Crippen molar-refractivity contribution in [2.24, 2.45) is 0 Å². The number of likely N-dealkylation sites (tertiary alicyclic amines) is 1. The molecule has 1 aliphatic heterocycles. The molecule has 0 saturated carbocycles. The zero-order valence-electron chi connectivity index (χ0n) is 8.96. The van der Waals surface area contributed by atoms with Crippen LogP contribution in [-0.2, 0) is 6.18 Å². The summed E-state index contributed by atoms with van der Waals surface area (Å²) in [7, 11) is 0. The molecule has 1 atom stereocenters. The van der Waals surface area contributed by atoms with Crippen LogP contribution in [0.5, 0.6) is 0 Å². The van der Waals surface area contributed by atoms with E-state index in [4.69, 9.17) is 5.11 Å². The molecule has 0 aromatic carbocycles. The lowest BCUT2D eigenvalue weighted by Gasteiger charge is -2.19. The van der Waals surface area contributed by atoms with Crippen LogP contribution >= 0.6 is 22.6 Å². The normalized spacial score (nSPS) is 20.4. The average molecular weight is 375 g/mol. The van der Waals surface area contributed by atoms with Crippen LogP contribution in [0.4, 0.5) is 18.0 Å². The van der Waals surface area contributed by atoms with Crippen LogP contribution in [0.25, 0.3) is 0 Å². The van der Waals surface area contributed by atoms with Crippen molar-refractivity contribution in [3.63, 3.8) is 0 Å². The van der Waals surface area contributed by atoms with Gasteiger partial charge in [0, 0.05) is 6.54 Å². The Bertz CT molecular complexity index is 474. The third kappa shape index (κ3) is 2.40. The van der Waals surface area contributed by atoms with Gasteiger partial charge in [-0.2, -0.15) is 13.2 Å². The SMILES string of the molecule is O=C(O)N1CCCC1c1nc(I)c(C(F)(F)F)[nH]1. The lowest BCUT2D eigenvalue weighted by atomic mass is 10.2. The second-order valence-electron chi connectivity index (χ2n) is 3.92. The predicted molar refractivity (Wildman–Crippen MR) is 63.0 cm³/mol. The van der Waals surface area contributed by atoms with Crippen molar-refractivity contribution in [3.05, 3.63) is 15.2 Å². The molecule has 2 heterocycles. The number of carboxylic acid groups (broad SMARTS) is 1. The van der Waals surface area contributed by atoms with E-state index < -0.39 is 24.0 Å². The first-order valence-electron chi connectivity index (χ1n) is 5.13. The maximum atomic E-state index is 12.6. The van der Waals surface area contributed by atoms with Gasteiger partial charge >= 0.3 is 12.3 Å². The first-order valence-corrected chi connectivity index (χ1v) is 6.20. The Morgan fingerprint density at radius 3 is 2.72 bits per heavy atom. The van der Waals surface area contributed by atoms with E-state index in [1.54, 1.807) is 0 Å². The van der Waals surface area contributed by atoms with Gasteiger partial charge < -0.3 is 10.1 Å². The summed E-state index contributed by atoms with van der Waals surface area (Å²) in [5.41, 5.74) is -0.921. The molecule has 1 aliphatic rings. The van der Waals surface area contributed by atoms with Gasteiger partial charge in [0.25, 0.3) is 0 Å². The molecule has 2 rings (SSSR count). The molecule has 2 N–H and O–H groups in total. The van der Waals surface area contributed by atoms with Crippen LogP contribution in [0.2, 0.25) is 0 Å². The number of aromatic amines is 1. The van der Waals surface area contributed by atoms with E-state index in [1.165, 1.54) is 22.6 Å². The topological polar surface area (TPSA) is 69.2 Å². The molecule has 1 aromatic rings. The van der Waals surface area contributed by atoms with Gasteiger partial charge in [-0.15, -0.1) is 0 Å². The number of nitrogens with one attached hydrogen (secondary N) is 1. The van der Waals surface area contributed by atoms with Gasteiger partial charge in [-0.05, 0) is 35.4 Å². The van der Waals surface area contributed by atoms with Crippen LogP contribution in [0.15, 0.2) is 0 Å². The van der Waals surface area contributed by atoms with Gasteiger partial charge in [0.05, 0.1) is 6.04 Å². The quantitative estimate of drug-likeness (QED) is 0.742. The zero-order valence-corrected chi connectivity index (χ0v) is 11.1. The first kappa shape index (κ1) is 13.4. The summed E-state index contributed by atoms with van der Waals surface area (Å²) in [4.78, 5) is 18.0. The fourth-order valence-electron chi connectivity index (χ4n) is 1.99. The maximum absolute atomic E-state index is 12.6. The summed E-state index contributed by atoms with van der Waals surface area (Å²) >= 11 is 1.49. The van der Waals surface area contributed by atoms with Gasteiger partial charge in [-0.3, -0.25) is 4.90 Å². The highest BCUT2D eigenvalue weighted by Crippen LogP contribution is 2.35. The van der Waals surface area contributed by atoms with E-state index in [9.17, 15) is 18.0 Å². The fraction of sp³-hybridized carbons (Fsp3) is 0.556. The number of carbonyl (C=O) groups is 1. The maximum Gasteiger partial charge on any atom is 0.433 e. The Labute approximate surface area is 114 Å². The predicted octanol–water partition coefficient (Wildman–Crippen LogP) is 2.85. The zero-order chi connectivity index (χ0) is 13.5. The number of hydrogen-bond acceptors (Lipinski definition) is 2. The molecule has 100 valence electrons. The molecule has 0 bridgehead atoms. The molecule has 1 saturated heterocycles. The number of halogens is 4. The standard InChI is InChI=1S/C9H9F3IN3O2/c10-9(11,12)5-6(13)15-7(14-5)4-2-1-3-16(4)8(17)18/h4H,1-3H2,(H,14,15)(H,17,18). The van der Waals surface area contributed by atoms with E-state index in [2.05, 4.69) is 9.97 Å². The molecule has 1 unspecified atom stereocenters. The van der Waals surface area contributed by atoms with Crippen molar-refractivity contribution in [2.75, 3.05) is 6.54 Å². The number of hydrogen-bond donors (Lipinski definition) is 2. The Morgan fingerprint density at radius 2 is 2.22 bits per heavy atom. The minimum atomic E-state index is -4.51. The number of aromatic nitrogens is 2. The molecule has 0 radical (unpaired) electrons. The number of alkyl halides is 3. The second kappa shape index (κ2) is 4.59. The summed E-state index contributed by atoms with van der Waals surface area (Å²) in [6.45, 7) is 0.318. The monoisotopic (exact) mass is 375 g/mol. The first-order chi connectivity index (χ1) is 8.30. The third-order valence-corrected chi connectivity index (χ3v) is 3.56. The number of amides is 1. The number of rotatable bonds is 1. The highest BCUT2D eigenvalue weighted by Gasteiger charge is 2.39. The molecular formula is C9H9F3IN3O2. The van der Waals surface area contributed by atoms with E-state index >= 15 is 0 Å². The van der Waals surface area contributed by atoms with E-state index in [0.717, 1.165) is 4.90 Å². The van der Waals surface area contributed by atoms with Gasteiger partial charge in [-0.25, -0.2) is 9.78 Å². The molecule has 5 nitrogen and oxygen atoms in total. The van der Waals surface area contributed by atoms with Gasteiger partial charge in [0.1, 0.15) is 9.53 Å². The van der Waals surface area contributed by atoms with E-state index in [1.807, 2.05) is 0 Å². The summed E-state index contributed by atoms with van der Waals surface area (Å²) in [6.07, 6.45) is -4.55. The largest absolute Gasteiger partial charge is 0.465 e. The third-order valence-electron chi connectivity index (χ3n) is 2.78. The van der Waals surface area contributed by atoms with Crippen molar-refractivity contribution in [1.29, 1.82) is 0 Å². The Hall–Kier alpha value is -1.00. The van der Waals surface area contributed by atoms with Crippen LogP contribution in [0.3, 0.4) is 0 Å². The second-order valence-corrected chi connectivity index (χ2v) is 4.94. The smallest absolute Gasteiger partial charge is 0.433 e. The van der Waals surface area contributed by atoms with Crippen molar-refractivity contribution in [3.8, 4) is 0 Å². The molecular weight excluding hydrogens is 366 g/mol. The summed E-state index contributed by atoms with van der Waals surface area (Å²) in [5.74, 6) is 0.0617. The van der Waals surface area contributed by atoms with Gasteiger partial charge in [0.15, 0.2) is 5.69 Å². The van der Waals surface area contributed by atoms with Crippen molar-refractivity contribution in [1.82, 2.24) is 14.9 Å². The minimum absolute atomic E-state index is 0.0617. The minimum Gasteiger partial charge on any atom is -0.465 e. The Morgan fingerprint density at radius 1 is 1.56 bits per heavy atom. The number of imidazole rings is 1. The van der Waals surface area contributed by atoms with Gasteiger partial charge in [-0.1, -0.05) is 0 Å². The number of nitrogens with zero attached hydrogens (tertiary/aromatic N) is 2. The molecule has 9 heteroatoms.